The van der Waals surface area contributed by atoms with Gasteiger partial charge in [0.15, 0.2) is 0 Å². The van der Waals surface area contributed by atoms with Gasteiger partial charge in [-0.25, -0.2) is 4.79 Å². The number of hydrogen-bond donors (Lipinski definition) is 0. The van der Waals surface area contributed by atoms with Gasteiger partial charge in [0.05, 0.1) is 20.6 Å². The molecule has 1 aliphatic rings. The normalized spacial score (nSPS) is 17.3. The van der Waals surface area contributed by atoms with E-state index in [0.29, 0.717) is 25.9 Å². The minimum absolute atomic E-state index is 0.138. The van der Waals surface area contributed by atoms with Crippen LogP contribution in [0.3, 0.4) is 0 Å². The molecule has 6 nitrogen and oxygen atoms in total. The molecule has 1 aromatic carbocycles. The average molecular weight is 335 g/mol. The van der Waals surface area contributed by atoms with Gasteiger partial charge >= 0.3 is 11.9 Å². The van der Waals surface area contributed by atoms with Crippen molar-refractivity contribution in [3.05, 3.63) is 34.9 Å². The maximum absolute atomic E-state index is 12.4. The average Bonchev–Trinajstić information content (AvgIpc) is 2.57. The number of hydroxylamine groups is 2. The Kier molecular flexibility index (Phi) is 5.96. The highest BCUT2D eigenvalue weighted by Crippen LogP contribution is 2.29. The molecule has 0 radical (unpaired) electrons. The van der Waals surface area contributed by atoms with Crippen LogP contribution in [-0.4, -0.2) is 49.9 Å². The van der Waals surface area contributed by atoms with E-state index in [1.807, 2.05) is 32.0 Å². The lowest BCUT2D eigenvalue weighted by atomic mass is 9.91. The van der Waals surface area contributed by atoms with E-state index in [1.54, 1.807) is 12.2 Å². The summed E-state index contributed by atoms with van der Waals surface area (Å²) in [6, 6.07) is 5.91. The van der Waals surface area contributed by atoms with Crippen LogP contribution in [0.5, 0.6) is 0 Å². The van der Waals surface area contributed by atoms with E-state index < -0.39 is 17.5 Å². The van der Waals surface area contributed by atoms with Gasteiger partial charge < -0.3 is 14.3 Å². The highest BCUT2D eigenvalue weighted by atomic mass is 16.7. The fraction of sp³-hybridized carbons (Fsp3) is 0.556. The van der Waals surface area contributed by atoms with Crippen LogP contribution in [0, 0.1) is 13.8 Å². The predicted octanol–water partition coefficient (Wildman–Crippen LogP) is 1.96. The van der Waals surface area contributed by atoms with E-state index in [0.717, 1.165) is 16.7 Å². The molecule has 1 aliphatic heterocycles. The number of nitrogens with zero attached hydrogens (tertiary/aromatic N) is 1. The van der Waals surface area contributed by atoms with Gasteiger partial charge in [-0.1, -0.05) is 23.8 Å². The summed E-state index contributed by atoms with van der Waals surface area (Å²) in [6.45, 7) is 4.97. The quantitative estimate of drug-likeness (QED) is 0.767. The second-order valence-corrected chi connectivity index (χ2v) is 6.18. The molecule has 1 fully saturated rings. The number of carbonyl (C=O) groups is 2. The number of hydrogen-bond acceptors (Lipinski definition) is 6. The van der Waals surface area contributed by atoms with Gasteiger partial charge in [-0.2, -0.15) is 5.06 Å². The minimum Gasteiger partial charge on any atom is -0.466 e. The number of benzene rings is 1. The van der Waals surface area contributed by atoms with Crippen LogP contribution in [0.25, 0.3) is 0 Å². The number of rotatable bonds is 5. The Bertz CT molecular complexity index is 605. The van der Waals surface area contributed by atoms with E-state index in [-0.39, 0.29) is 6.42 Å². The first-order valence-electron chi connectivity index (χ1n) is 8.05. The smallest absolute Gasteiger partial charge is 0.350 e. The third-order valence-corrected chi connectivity index (χ3v) is 4.49. The molecule has 0 N–H and O–H groups in total. The summed E-state index contributed by atoms with van der Waals surface area (Å²) in [6.07, 6.45) is 0.844. The number of aryl methyl sites for hydroxylation is 2. The standard InChI is InChI=1S/C18H25NO5/c1-13-5-6-15(14(2)11-13)12-16(20)24-18(17(21)22-3)7-9-19(23-4)10-8-18/h5-6,11H,7-10,12H2,1-4H3. The zero-order chi connectivity index (χ0) is 17.7. The fourth-order valence-corrected chi connectivity index (χ4v) is 3.02. The lowest BCUT2D eigenvalue weighted by Crippen LogP contribution is -2.52. The molecule has 0 aliphatic carbocycles. The van der Waals surface area contributed by atoms with Crippen molar-refractivity contribution in [1.29, 1.82) is 0 Å². The molecule has 1 heterocycles. The van der Waals surface area contributed by atoms with E-state index in [2.05, 4.69) is 0 Å². The molecule has 1 aromatic rings. The third-order valence-electron chi connectivity index (χ3n) is 4.49. The summed E-state index contributed by atoms with van der Waals surface area (Å²) < 4.78 is 10.5. The second kappa shape index (κ2) is 7.77. The monoisotopic (exact) mass is 335 g/mol. The SMILES string of the molecule is COC(=O)C1(OC(=O)Cc2ccc(C)cc2C)CCN(OC)CC1. The van der Waals surface area contributed by atoms with Crippen LogP contribution in [0.15, 0.2) is 18.2 Å². The molecule has 24 heavy (non-hydrogen) atoms. The lowest BCUT2D eigenvalue weighted by Gasteiger charge is -2.37. The van der Waals surface area contributed by atoms with Crippen LogP contribution >= 0.6 is 0 Å². The Labute approximate surface area is 142 Å². The first-order chi connectivity index (χ1) is 11.4. The Balaban J connectivity index is 2.09. The lowest BCUT2D eigenvalue weighted by molar-refractivity contribution is -0.205. The van der Waals surface area contributed by atoms with Gasteiger partial charge in [0.1, 0.15) is 0 Å². The number of carbonyl (C=O) groups excluding carboxylic acids is 2. The summed E-state index contributed by atoms with van der Waals surface area (Å²) in [5.41, 5.74) is 1.86. The molecule has 0 amide bonds. The van der Waals surface area contributed by atoms with Gasteiger partial charge in [-0.05, 0) is 25.0 Å². The molecule has 6 heteroatoms. The Hall–Kier alpha value is -1.92. The minimum atomic E-state index is -1.22. The zero-order valence-electron chi connectivity index (χ0n) is 14.8. The summed E-state index contributed by atoms with van der Waals surface area (Å²) in [5, 5.41) is 1.74. The zero-order valence-corrected chi connectivity index (χ0v) is 14.8. The van der Waals surface area contributed by atoms with Crippen LogP contribution in [0.4, 0.5) is 0 Å². The first kappa shape index (κ1) is 18.4. The number of methoxy groups -OCH3 is 1. The molecule has 1 saturated heterocycles. The Morgan fingerprint density at radius 2 is 1.83 bits per heavy atom. The summed E-state index contributed by atoms with van der Waals surface area (Å²) >= 11 is 0. The molecule has 0 spiro atoms. The molecule has 2 rings (SSSR count). The van der Waals surface area contributed by atoms with Gasteiger partial charge in [0.25, 0.3) is 0 Å². The highest BCUT2D eigenvalue weighted by molar-refractivity contribution is 5.84. The van der Waals surface area contributed by atoms with Crippen molar-refractivity contribution in [2.45, 2.75) is 38.7 Å². The van der Waals surface area contributed by atoms with Crippen molar-refractivity contribution in [1.82, 2.24) is 5.06 Å². The molecule has 0 unspecified atom stereocenters. The topological polar surface area (TPSA) is 65.1 Å². The Morgan fingerprint density at radius 3 is 2.38 bits per heavy atom. The van der Waals surface area contributed by atoms with E-state index in [4.69, 9.17) is 14.3 Å². The van der Waals surface area contributed by atoms with Gasteiger partial charge in [-0.3, -0.25) is 4.79 Å². The molecular formula is C18H25NO5. The van der Waals surface area contributed by atoms with Gasteiger partial charge in [-0.15, -0.1) is 0 Å². The van der Waals surface area contributed by atoms with E-state index in [1.165, 1.54) is 7.11 Å². The van der Waals surface area contributed by atoms with Crippen molar-refractivity contribution in [2.75, 3.05) is 27.3 Å². The Morgan fingerprint density at radius 1 is 1.17 bits per heavy atom. The van der Waals surface area contributed by atoms with Crippen molar-refractivity contribution < 1.29 is 23.9 Å². The molecule has 132 valence electrons. The molecular weight excluding hydrogens is 310 g/mol. The summed E-state index contributed by atoms with van der Waals surface area (Å²) in [5.74, 6) is -0.926. The second-order valence-electron chi connectivity index (χ2n) is 6.18. The molecule has 0 bridgehead atoms. The van der Waals surface area contributed by atoms with Crippen LogP contribution < -0.4 is 0 Å². The maximum Gasteiger partial charge on any atom is 0.350 e. The van der Waals surface area contributed by atoms with Crippen molar-refractivity contribution in [2.24, 2.45) is 0 Å². The molecule has 0 aromatic heterocycles. The highest BCUT2D eigenvalue weighted by Gasteiger charge is 2.46. The fourth-order valence-electron chi connectivity index (χ4n) is 3.02. The first-order valence-corrected chi connectivity index (χ1v) is 8.05. The number of piperidine rings is 1. The van der Waals surface area contributed by atoms with Crippen LogP contribution in [0.1, 0.15) is 29.5 Å². The van der Waals surface area contributed by atoms with Crippen LogP contribution in [0.2, 0.25) is 0 Å². The van der Waals surface area contributed by atoms with E-state index in [9.17, 15) is 9.59 Å². The predicted molar refractivity (Wildman–Crippen MR) is 88.3 cm³/mol. The number of esters is 2. The largest absolute Gasteiger partial charge is 0.466 e. The van der Waals surface area contributed by atoms with Crippen molar-refractivity contribution in [3.63, 3.8) is 0 Å². The maximum atomic E-state index is 12.4. The molecule has 0 atom stereocenters. The van der Waals surface area contributed by atoms with Gasteiger partial charge in [0.2, 0.25) is 5.60 Å². The van der Waals surface area contributed by atoms with E-state index >= 15 is 0 Å². The summed E-state index contributed by atoms with van der Waals surface area (Å²) in [7, 11) is 2.89. The van der Waals surface area contributed by atoms with Crippen LogP contribution in [-0.2, 0) is 30.3 Å². The van der Waals surface area contributed by atoms with Crippen molar-refractivity contribution in [3.8, 4) is 0 Å². The summed E-state index contributed by atoms with van der Waals surface area (Å²) in [4.78, 5) is 29.8. The third kappa shape index (κ3) is 4.13. The van der Waals surface area contributed by atoms with Crippen molar-refractivity contribution >= 4 is 11.9 Å². The molecule has 0 saturated carbocycles. The van der Waals surface area contributed by atoms with Gasteiger partial charge in [0, 0.05) is 25.9 Å². The number of ether oxygens (including phenoxy) is 2.